The van der Waals surface area contributed by atoms with Crippen LogP contribution in [0.4, 0.5) is 11.4 Å². The van der Waals surface area contributed by atoms with Crippen molar-refractivity contribution in [3.8, 4) is 0 Å². The molecule has 2 rings (SSSR count). The summed E-state index contributed by atoms with van der Waals surface area (Å²) in [6, 6.07) is 4.51. The number of rotatable bonds is 2. The first-order valence-corrected chi connectivity index (χ1v) is 7.27. The molecule has 6 nitrogen and oxygen atoms in total. The second kappa shape index (κ2) is 4.75. The van der Waals surface area contributed by atoms with Gasteiger partial charge in [0.15, 0.2) is 0 Å². The second-order valence-corrected chi connectivity index (χ2v) is 6.11. The van der Waals surface area contributed by atoms with Crippen LogP contribution < -0.4 is 15.8 Å². The Labute approximate surface area is 106 Å². The van der Waals surface area contributed by atoms with Crippen LogP contribution >= 0.6 is 0 Å². The lowest BCUT2D eigenvalue weighted by atomic mass is 10.1. The standard InChI is InChI=1S/C11H17N3O3S/c12-8-4-9(6-11(5-8)18(13,16)17)14-3-1-2-10(15)7-14/h4-6,10,15H,1-3,7,12H2,(H2,13,16,17). The van der Waals surface area contributed by atoms with Crippen molar-refractivity contribution in [2.45, 2.75) is 23.8 Å². The van der Waals surface area contributed by atoms with Gasteiger partial charge in [-0.15, -0.1) is 0 Å². The lowest BCUT2D eigenvalue weighted by molar-refractivity contribution is 0.154. The molecule has 1 aromatic rings. The highest BCUT2D eigenvalue weighted by Gasteiger charge is 2.20. The number of β-amino-alcohol motifs (C(OH)–C–C–N with tert-alkyl or cyclic N) is 1. The number of piperidine rings is 1. The molecular formula is C11H17N3O3S. The third-order valence-corrected chi connectivity index (χ3v) is 3.90. The molecule has 0 radical (unpaired) electrons. The average molecular weight is 271 g/mol. The van der Waals surface area contributed by atoms with Crippen molar-refractivity contribution >= 4 is 21.4 Å². The van der Waals surface area contributed by atoms with Crippen LogP contribution in [-0.2, 0) is 10.0 Å². The van der Waals surface area contributed by atoms with Gasteiger partial charge in [-0.2, -0.15) is 0 Å². The third kappa shape index (κ3) is 2.92. The van der Waals surface area contributed by atoms with E-state index in [1.54, 1.807) is 6.07 Å². The predicted molar refractivity (Wildman–Crippen MR) is 69.7 cm³/mol. The fourth-order valence-electron chi connectivity index (χ4n) is 2.14. The lowest BCUT2D eigenvalue weighted by Crippen LogP contribution is -2.38. The second-order valence-electron chi connectivity index (χ2n) is 4.55. The van der Waals surface area contributed by atoms with E-state index in [9.17, 15) is 13.5 Å². The van der Waals surface area contributed by atoms with E-state index in [0.29, 0.717) is 17.9 Å². The van der Waals surface area contributed by atoms with E-state index in [4.69, 9.17) is 10.9 Å². The Hall–Kier alpha value is -1.31. The number of nitrogens with zero attached hydrogens (tertiary/aromatic N) is 1. The molecule has 7 heteroatoms. The van der Waals surface area contributed by atoms with Gasteiger partial charge in [-0.05, 0) is 31.0 Å². The molecule has 0 bridgehead atoms. The van der Waals surface area contributed by atoms with Crippen molar-refractivity contribution in [3.05, 3.63) is 18.2 Å². The summed E-state index contributed by atoms with van der Waals surface area (Å²) >= 11 is 0. The highest BCUT2D eigenvalue weighted by molar-refractivity contribution is 7.89. The molecule has 0 aliphatic carbocycles. The molecule has 0 saturated carbocycles. The van der Waals surface area contributed by atoms with Crippen molar-refractivity contribution in [1.29, 1.82) is 0 Å². The molecule has 100 valence electrons. The largest absolute Gasteiger partial charge is 0.399 e. The van der Waals surface area contributed by atoms with Gasteiger partial charge in [0.25, 0.3) is 0 Å². The first-order valence-electron chi connectivity index (χ1n) is 5.72. The number of primary sulfonamides is 1. The van der Waals surface area contributed by atoms with E-state index >= 15 is 0 Å². The van der Waals surface area contributed by atoms with Gasteiger partial charge in [0.05, 0.1) is 11.0 Å². The summed E-state index contributed by atoms with van der Waals surface area (Å²) in [4.78, 5) is 1.91. The Balaban J connectivity index is 2.36. The maximum Gasteiger partial charge on any atom is 0.238 e. The number of anilines is 2. The lowest BCUT2D eigenvalue weighted by Gasteiger charge is -2.32. The number of hydrogen-bond donors (Lipinski definition) is 3. The summed E-state index contributed by atoms with van der Waals surface area (Å²) in [5.74, 6) is 0. The zero-order valence-corrected chi connectivity index (χ0v) is 10.7. The average Bonchev–Trinajstić information content (AvgIpc) is 2.27. The molecular weight excluding hydrogens is 254 g/mol. The summed E-state index contributed by atoms with van der Waals surface area (Å²) in [7, 11) is -3.77. The van der Waals surface area contributed by atoms with Crippen LogP contribution in [0.1, 0.15) is 12.8 Å². The van der Waals surface area contributed by atoms with Gasteiger partial charge >= 0.3 is 0 Å². The molecule has 0 spiro atoms. The Morgan fingerprint density at radius 3 is 2.67 bits per heavy atom. The summed E-state index contributed by atoms with van der Waals surface area (Å²) < 4.78 is 22.7. The predicted octanol–water partition coefficient (Wildman–Crippen LogP) is -0.123. The normalized spacial score (nSPS) is 21.0. The van der Waals surface area contributed by atoms with Crippen LogP contribution in [0.25, 0.3) is 0 Å². The number of nitrogen functional groups attached to an aromatic ring is 1. The summed E-state index contributed by atoms with van der Waals surface area (Å²) in [5.41, 5.74) is 6.71. The van der Waals surface area contributed by atoms with Crippen molar-refractivity contribution < 1.29 is 13.5 Å². The van der Waals surface area contributed by atoms with E-state index in [2.05, 4.69) is 0 Å². The van der Waals surface area contributed by atoms with Gasteiger partial charge in [-0.1, -0.05) is 0 Å². The number of hydrogen-bond acceptors (Lipinski definition) is 5. The van der Waals surface area contributed by atoms with Crippen molar-refractivity contribution in [2.24, 2.45) is 5.14 Å². The molecule has 18 heavy (non-hydrogen) atoms. The van der Waals surface area contributed by atoms with Gasteiger partial charge in [0.1, 0.15) is 0 Å². The van der Waals surface area contributed by atoms with Gasteiger partial charge in [0, 0.05) is 24.5 Å². The maximum absolute atomic E-state index is 11.3. The number of aliphatic hydroxyl groups is 1. The van der Waals surface area contributed by atoms with Crippen LogP contribution in [-0.4, -0.2) is 32.7 Å². The van der Waals surface area contributed by atoms with Crippen molar-refractivity contribution in [2.75, 3.05) is 23.7 Å². The zero-order valence-electron chi connectivity index (χ0n) is 9.91. The van der Waals surface area contributed by atoms with Gasteiger partial charge < -0.3 is 15.7 Å². The summed E-state index contributed by atoms with van der Waals surface area (Å²) in [6.07, 6.45) is 1.24. The molecule has 0 aromatic heterocycles. The van der Waals surface area contributed by atoms with Crippen molar-refractivity contribution in [1.82, 2.24) is 0 Å². The maximum atomic E-state index is 11.3. The molecule has 1 aliphatic heterocycles. The molecule has 1 unspecified atom stereocenters. The molecule has 1 heterocycles. The highest BCUT2D eigenvalue weighted by atomic mass is 32.2. The Bertz CT molecular complexity index is 544. The number of nitrogens with two attached hydrogens (primary N) is 2. The minimum absolute atomic E-state index is 0.00226. The van der Waals surface area contributed by atoms with Crippen LogP contribution in [0.5, 0.6) is 0 Å². The minimum atomic E-state index is -3.77. The Morgan fingerprint density at radius 2 is 2.06 bits per heavy atom. The van der Waals surface area contributed by atoms with E-state index < -0.39 is 16.1 Å². The summed E-state index contributed by atoms with van der Waals surface area (Å²) in [6.45, 7) is 1.25. The molecule has 0 amide bonds. The molecule has 1 aromatic carbocycles. The monoisotopic (exact) mass is 271 g/mol. The first kappa shape index (κ1) is 13.1. The van der Waals surface area contributed by atoms with Crippen molar-refractivity contribution in [3.63, 3.8) is 0 Å². The van der Waals surface area contributed by atoms with E-state index in [0.717, 1.165) is 19.4 Å². The van der Waals surface area contributed by atoms with Crippen LogP contribution in [0.2, 0.25) is 0 Å². The molecule has 5 N–H and O–H groups in total. The quantitative estimate of drug-likeness (QED) is 0.649. The number of benzene rings is 1. The SMILES string of the molecule is Nc1cc(N2CCCC(O)C2)cc(S(N)(=O)=O)c1. The summed E-state index contributed by atoms with van der Waals surface area (Å²) in [5, 5.41) is 14.7. The molecule has 1 fully saturated rings. The van der Waals surface area contributed by atoms with E-state index in [1.807, 2.05) is 4.90 Å². The highest BCUT2D eigenvalue weighted by Crippen LogP contribution is 2.25. The minimum Gasteiger partial charge on any atom is -0.399 e. The van der Waals surface area contributed by atoms with Crippen LogP contribution in [0, 0.1) is 0 Å². The van der Waals surface area contributed by atoms with Crippen LogP contribution in [0.15, 0.2) is 23.1 Å². The number of sulfonamides is 1. The van der Waals surface area contributed by atoms with Gasteiger partial charge in [0.2, 0.25) is 10.0 Å². The Morgan fingerprint density at radius 1 is 1.33 bits per heavy atom. The third-order valence-electron chi connectivity index (χ3n) is 3.00. The van der Waals surface area contributed by atoms with E-state index in [1.165, 1.54) is 12.1 Å². The zero-order chi connectivity index (χ0) is 13.3. The Kier molecular flexibility index (Phi) is 3.47. The fourth-order valence-corrected chi connectivity index (χ4v) is 2.73. The smallest absolute Gasteiger partial charge is 0.238 e. The topological polar surface area (TPSA) is 110 Å². The van der Waals surface area contributed by atoms with Gasteiger partial charge in [-0.25, -0.2) is 13.6 Å². The molecule has 1 aliphatic rings. The molecule has 1 saturated heterocycles. The first-order chi connectivity index (χ1) is 8.36. The fraction of sp³-hybridized carbons (Fsp3) is 0.455. The van der Waals surface area contributed by atoms with E-state index in [-0.39, 0.29) is 4.90 Å². The molecule has 1 atom stereocenters. The van der Waals surface area contributed by atoms with Crippen LogP contribution in [0.3, 0.4) is 0 Å². The van der Waals surface area contributed by atoms with Gasteiger partial charge in [-0.3, -0.25) is 0 Å². The number of aliphatic hydroxyl groups excluding tert-OH is 1.